The number of nitrogens with zero attached hydrogens (tertiary/aromatic N) is 3. The maximum Gasteiger partial charge on any atom is 0.264 e. The molecule has 0 aliphatic carbocycles. The van der Waals surface area contributed by atoms with Gasteiger partial charge in [0.1, 0.15) is 16.9 Å². The SMILES string of the molecule is Cn1cnc2cc(-c3ccc(NC(C)(C)O)c(S(C)(=O)=O)c3)nc(N[C@@H]3CCOC3)c2c1=O. The molecule has 1 aliphatic rings. The molecule has 10 nitrogen and oxygen atoms in total. The standard InChI is InChI=1S/C22H27N5O5S/c1-22(2,29)26-15-6-5-13(9-18(15)33(4,30)31)16-10-17-19(21(28)27(3)12-23-17)20(25-16)24-14-7-8-32-11-14/h5-6,9-10,12,14,26,29H,7-8,11H2,1-4H3,(H,24,25)/t14-/m1/s1. The van der Waals surface area contributed by atoms with Crippen LogP contribution in [0.5, 0.6) is 0 Å². The Morgan fingerprint density at radius 1 is 1.27 bits per heavy atom. The van der Waals surface area contributed by atoms with E-state index in [-0.39, 0.29) is 22.2 Å². The van der Waals surface area contributed by atoms with E-state index in [1.165, 1.54) is 30.8 Å². The van der Waals surface area contributed by atoms with Crippen molar-refractivity contribution in [1.82, 2.24) is 14.5 Å². The first kappa shape index (κ1) is 23.1. The number of aromatic nitrogens is 3. The molecule has 11 heteroatoms. The number of rotatable bonds is 6. The molecule has 1 saturated heterocycles. The fourth-order valence-electron chi connectivity index (χ4n) is 3.74. The highest BCUT2D eigenvalue weighted by Crippen LogP contribution is 2.31. The quantitative estimate of drug-likeness (QED) is 0.457. The van der Waals surface area contributed by atoms with Crippen LogP contribution in [0.2, 0.25) is 0 Å². The van der Waals surface area contributed by atoms with E-state index in [0.717, 1.165) is 12.7 Å². The zero-order chi connectivity index (χ0) is 24.0. The van der Waals surface area contributed by atoms with Gasteiger partial charge in [-0.2, -0.15) is 0 Å². The predicted molar refractivity (Wildman–Crippen MR) is 126 cm³/mol. The van der Waals surface area contributed by atoms with Crippen LogP contribution in [0.15, 0.2) is 40.3 Å². The van der Waals surface area contributed by atoms with E-state index in [2.05, 4.69) is 20.6 Å². The first-order valence-electron chi connectivity index (χ1n) is 10.5. The van der Waals surface area contributed by atoms with Crippen molar-refractivity contribution in [2.45, 2.75) is 36.9 Å². The fourth-order valence-corrected chi connectivity index (χ4v) is 4.60. The van der Waals surface area contributed by atoms with Crippen molar-refractivity contribution in [3.05, 3.63) is 40.9 Å². The van der Waals surface area contributed by atoms with Gasteiger partial charge in [0, 0.05) is 25.5 Å². The minimum Gasteiger partial charge on any atom is -0.379 e. The van der Waals surface area contributed by atoms with Crippen molar-refractivity contribution in [2.24, 2.45) is 7.05 Å². The van der Waals surface area contributed by atoms with Crippen LogP contribution in [-0.4, -0.2) is 59.3 Å². The molecule has 0 spiro atoms. The summed E-state index contributed by atoms with van der Waals surface area (Å²) in [5.41, 5.74) is 0.178. The lowest BCUT2D eigenvalue weighted by molar-refractivity contribution is 0.111. The number of ether oxygens (including phenoxy) is 1. The van der Waals surface area contributed by atoms with Gasteiger partial charge in [0.25, 0.3) is 5.56 Å². The molecule has 2 aromatic heterocycles. The first-order chi connectivity index (χ1) is 15.4. The molecule has 1 atom stereocenters. The molecule has 1 aliphatic heterocycles. The third-order valence-corrected chi connectivity index (χ3v) is 6.43. The van der Waals surface area contributed by atoms with Crippen molar-refractivity contribution < 1.29 is 18.3 Å². The van der Waals surface area contributed by atoms with E-state index in [1.54, 1.807) is 25.2 Å². The normalized spacial score (nSPS) is 16.8. The van der Waals surface area contributed by atoms with Crippen LogP contribution >= 0.6 is 0 Å². The summed E-state index contributed by atoms with van der Waals surface area (Å²) in [5, 5.41) is 16.6. The summed E-state index contributed by atoms with van der Waals surface area (Å²) in [6, 6.07) is 6.47. The summed E-state index contributed by atoms with van der Waals surface area (Å²) in [4.78, 5) is 21.9. The monoisotopic (exact) mass is 473 g/mol. The van der Waals surface area contributed by atoms with Crippen molar-refractivity contribution in [1.29, 1.82) is 0 Å². The van der Waals surface area contributed by atoms with Crippen LogP contribution in [0, 0.1) is 0 Å². The van der Waals surface area contributed by atoms with Gasteiger partial charge in [-0.05, 0) is 38.5 Å². The number of hydrogen-bond acceptors (Lipinski definition) is 9. The molecule has 176 valence electrons. The highest BCUT2D eigenvalue weighted by atomic mass is 32.2. The molecule has 33 heavy (non-hydrogen) atoms. The number of nitrogens with one attached hydrogen (secondary N) is 2. The van der Waals surface area contributed by atoms with Gasteiger partial charge in [0.05, 0.1) is 40.8 Å². The Balaban J connectivity index is 1.89. The lowest BCUT2D eigenvalue weighted by Gasteiger charge is -2.23. The molecule has 0 bridgehead atoms. The molecule has 3 aromatic rings. The Morgan fingerprint density at radius 2 is 2.03 bits per heavy atom. The number of anilines is 2. The molecule has 0 radical (unpaired) electrons. The first-order valence-corrected chi connectivity index (χ1v) is 12.4. The smallest absolute Gasteiger partial charge is 0.264 e. The fraction of sp³-hybridized carbons (Fsp3) is 0.409. The molecule has 4 rings (SSSR count). The summed E-state index contributed by atoms with van der Waals surface area (Å²) in [5.74, 6) is 0.381. The Labute approximate surface area is 191 Å². The van der Waals surface area contributed by atoms with E-state index in [1.807, 2.05) is 0 Å². The Morgan fingerprint density at radius 3 is 2.67 bits per heavy atom. The van der Waals surface area contributed by atoms with Crippen LogP contribution in [-0.2, 0) is 21.6 Å². The lowest BCUT2D eigenvalue weighted by Crippen LogP contribution is -2.30. The third kappa shape index (κ3) is 5.00. The van der Waals surface area contributed by atoms with Crippen molar-refractivity contribution in [3.63, 3.8) is 0 Å². The predicted octanol–water partition coefficient (Wildman–Crippen LogP) is 1.74. The summed E-state index contributed by atoms with van der Waals surface area (Å²) in [7, 11) is -2.00. The van der Waals surface area contributed by atoms with E-state index >= 15 is 0 Å². The minimum absolute atomic E-state index is 0.00537. The van der Waals surface area contributed by atoms with Gasteiger partial charge in [-0.25, -0.2) is 18.4 Å². The van der Waals surface area contributed by atoms with Gasteiger partial charge < -0.3 is 25.0 Å². The zero-order valence-corrected chi connectivity index (χ0v) is 19.7. The van der Waals surface area contributed by atoms with E-state index in [4.69, 9.17) is 4.74 Å². The average molecular weight is 474 g/mol. The largest absolute Gasteiger partial charge is 0.379 e. The number of hydrogen-bond donors (Lipinski definition) is 3. The number of aliphatic hydroxyl groups is 1. The zero-order valence-electron chi connectivity index (χ0n) is 18.9. The molecule has 0 unspecified atom stereocenters. The van der Waals surface area contributed by atoms with E-state index in [9.17, 15) is 18.3 Å². The lowest BCUT2D eigenvalue weighted by atomic mass is 10.1. The minimum atomic E-state index is -3.62. The highest BCUT2D eigenvalue weighted by Gasteiger charge is 2.22. The van der Waals surface area contributed by atoms with Crippen LogP contribution in [0.1, 0.15) is 20.3 Å². The van der Waals surface area contributed by atoms with Gasteiger partial charge in [0.15, 0.2) is 9.84 Å². The van der Waals surface area contributed by atoms with Gasteiger partial charge in [-0.1, -0.05) is 6.07 Å². The number of pyridine rings is 1. The van der Waals surface area contributed by atoms with Crippen LogP contribution in [0.4, 0.5) is 11.5 Å². The second kappa shape index (κ2) is 8.40. The van der Waals surface area contributed by atoms with Crippen molar-refractivity contribution in [2.75, 3.05) is 30.1 Å². The van der Waals surface area contributed by atoms with Crippen LogP contribution < -0.4 is 16.2 Å². The highest BCUT2D eigenvalue weighted by molar-refractivity contribution is 7.90. The Hall–Kier alpha value is -3.02. The Bertz CT molecular complexity index is 1370. The molecule has 3 heterocycles. The Kier molecular flexibility index (Phi) is 5.89. The average Bonchev–Trinajstić information content (AvgIpc) is 3.22. The summed E-state index contributed by atoms with van der Waals surface area (Å²) in [6.45, 7) is 4.17. The van der Waals surface area contributed by atoms with Gasteiger partial charge in [-0.15, -0.1) is 0 Å². The summed E-state index contributed by atoms with van der Waals surface area (Å²) < 4.78 is 31.8. The second-order valence-corrected chi connectivity index (χ2v) is 10.8. The molecule has 0 saturated carbocycles. The van der Waals surface area contributed by atoms with E-state index < -0.39 is 15.6 Å². The molecule has 0 amide bonds. The number of benzene rings is 1. The summed E-state index contributed by atoms with van der Waals surface area (Å²) in [6.07, 6.45) is 3.33. The molecular weight excluding hydrogens is 446 g/mol. The van der Waals surface area contributed by atoms with Gasteiger partial charge in [-0.3, -0.25) is 4.79 Å². The van der Waals surface area contributed by atoms with Gasteiger partial charge in [0.2, 0.25) is 0 Å². The van der Waals surface area contributed by atoms with Crippen molar-refractivity contribution in [3.8, 4) is 11.3 Å². The maximum absolute atomic E-state index is 12.8. The summed E-state index contributed by atoms with van der Waals surface area (Å²) >= 11 is 0. The molecule has 1 fully saturated rings. The second-order valence-electron chi connectivity index (χ2n) is 8.78. The molecular formula is C22H27N5O5S. The topological polar surface area (TPSA) is 135 Å². The van der Waals surface area contributed by atoms with Gasteiger partial charge >= 0.3 is 0 Å². The number of aryl methyl sites for hydroxylation is 1. The maximum atomic E-state index is 12.8. The third-order valence-electron chi connectivity index (χ3n) is 5.29. The van der Waals surface area contributed by atoms with Crippen LogP contribution in [0.3, 0.4) is 0 Å². The van der Waals surface area contributed by atoms with E-state index in [0.29, 0.717) is 41.2 Å². The number of sulfone groups is 1. The number of fused-ring (bicyclic) bond motifs is 1. The van der Waals surface area contributed by atoms with Crippen molar-refractivity contribution >= 4 is 32.2 Å². The van der Waals surface area contributed by atoms with Crippen LogP contribution in [0.25, 0.3) is 22.2 Å². The molecule has 3 N–H and O–H groups in total. The molecule has 1 aromatic carbocycles.